The summed E-state index contributed by atoms with van der Waals surface area (Å²) in [6.07, 6.45) is 2.48. The third-order valence-corrected chi connectivity index (χ3v) is 26.3. The minimum absolute atomic E-state index is 0. The summed E-state index contributed by atoms with van der Waals surface area (Å²) in [6, 6.07) is 21.4. The second-order valence-corrected chi connectivity index (χ2v) is 35.0. The number of ether oxygens (including phenoxy) is 5. The van der Waals surface area contributed by atoms with Crippen LogP contribution in [-0.4, -0.2) is 203 Å². The lowest BCUT2D eigenvalue weighted by Gasteiger charge is -2.41. The van der Waals surface area contributed by atoms with Crippen LogP contribution in [0, 0.1) is 76.0 Å². The number of aliphatic hydroxyl groups is 2. The van der Waals surface area contributed by atoms with E-state index in [9.17, 15) is 78.7 Å². The molecule has 2 N–H and O–H groups in total. The number of likely N-dealkylation sites (N-methyl/N-ethyl adjacent to an activating group) is 2. The molecular weight excluding hydrogens is 1590 g/mol. The van der Waals surface area contributed by atoms with Crippen molar-refractivity contribution in [1.82, 2.24) is 29.7 Å². The highest BCUT2D eigenvalue weighted by molar-refractivity contribution is 8.77. The van der Waals surface area contributed by atoms with E-state index in [1.807, 2.05) is 106 Å². The number of hydrogen-bond acceptors (Lipinski definition) is 30. The number of nitro benzene ring substituents is 1. The molecule has 3 aromatic heterocycles. The third-order valence-electron chi connectivity index (χ3n) is 17.8. The van der Waals surface area contributed by atoms with Gasteiger partial charge in [-0.3, -0.25) is 43.8 Å². The van der Waals surface area contributed by atoms with Gasteiger partial charge in [0.05, 0.1) is 77.6 Å². The quantitative estimate of drug-likeness (QED) is 0.0121. The second-order valence-electron chi connectivity index (χ2n) is 26.9. The number of Topliss-reactive ketones (excluding diaryl/α,β-unsaturated/α-hetero) is 2. The first-order valence-electron chi connectivity index (χ1n) is 36.4. The zero-order chi connectivity index (χ0) is 84.8. The van der Waals surface area contributed by atoms with Crippen molar-refractivity contribution >= 4 is 123 Å². The van der Waals surface area contributed by atoms with Crippen LogP contribution in [0.2, 0.25) is 0 Å². The Kier molecular flexibility index (Phi) is 46.3. The molecular formula is C75H107FN10O21S6. The Bertz CT molecular complexity index is 3790. The number of benzene rings is 2. The number of aromatic nitrogens is 3. The third kappa shape index (κ3) is 33.9. The summed E-state index contributed by atoms with van der Waals surface area (Å²) in [5, 5.41) is 62.6. The van der Waals surface area contributed by atoms with Crippen molar-refractivity contribution in [3.63, 3.8) is 0 Å². The lowest BCUT2D eigenvalue weighted by atomic mass is 9.83. The molecule has 38 heteroatoms. The molecule has 113 heavy (non-hydrogen) atoms. The average Bonchev–Trinajstić information content (AvgIpc) is 1.53. The molecule has 0 spiro atoms. The number of ketones is 2. The molecule has 4 heterocycles. The van der Waals surface area contributed by atoms with Crippen LogP contribution in [0.5, 0.6) is 5.75 Å². The first-order valence-corrected chi connectivity index (χ1v) is 42.3. The zero-order valence-electron chi connectivity index (χ0n) is 66.3. The van der Waals surface area contributed by atoms with Gasteiger partial charge in [0.15, 0.2) is 18.2 Å². The Morgan fingerprint density at radius 3 is 1.65 bits per heavy atom. The number of rotatable bonds is 41. The van der Waals surface area contributed by atoms with E-state index >= 15 is 0 Å². The van der Waals surface area contributed by atoms with Gasteiger partial charge in [0.2, 0.25) is 11.8 Å². The van der Waals surface area contributed by atoms with Crippen molar-refractivity contribution in [3.05, 3.63) is 156 Å². The maximum atomic E-state index is 14.7. The monoisotopic (exact) mass is 1700 g/mol. The van der Waals surface area contributed by atoms with Crippen LogP contribution < -0.4 is 4.74 Å². The van der Waals surface area contributed by atoms with Gasteiger partial charge in [-0.1, -0.05) is 160 Å². The molecule has 0 unspecified atom stereocenters. The van der Waals surface area contributed by atoms with E-state index in [1.54, 1.807) is 42.2 Å². The topological polar surface area (TPSA) is 410 Å². The van der Waals surface area contributed by atoms with Crippen molar-refractivity contribution < 1.29 is 88.1 Å². The summed E-state index contributed by atoms with van der Waals surface area (Å²) in [4.78, 5) is 140. The average molecular weight is 1700 g/mol. The number of methoxy groups -OCH3 is 2. The number of nitro groups is 4. The van der Waals surface area contributed by atoms with Gasteiger partial charge in [-0.05, 0) is 117 Å². The molecule has 0 saturated carbocycles. The van der Waals surface area contributed by atoms with Gasteiger partial charge >= 0.3 is 23.9 Å². The molecule has 0 radical (unpaired) electrons. The van der Waals surface area contributed by atoms with Crippen LogP contribution in [0.1, 0.15) is 135 Å². The van der Waals surface area contributed by atoms with E-state index in [4.69, 9.17) is 30.2 Å². The normalized spacial score (nSPS) is 15.6. The van der Waals surface area contributed by atoms with E-state index in [2.05, 4.69) is 15.0 Å². The molecule has 1 aliphatic heterocycles. The van der Waals surface area contributed by atoms with Crippen molar-refractivity contribution in [1.29, 1.82) is 0 Å². The number of pyridine rings is 3. The van der Waals surface area contributed by atoms with E-state index in [1.165, 1.54) is 145 Å². The molecule has 31 nitrogen and oxygen atoms in total. The first-order chi connectivity index (χ1) is 53.5. The molecule has 626 valence electrons. The molecule has 5 aromatic rings. The number of non-ortho nitro benzene ring substituents is 1. The van der Waals surface area contributed by atoms with Gasteiger partial charge < -0.3 is 68.8 Å². The summed E-state index contributed by atoms with van der Waals surface area (Å²) >= 11 is 0. The predicted octanol–water partition coefficient (Wildman–Crippen LogP) is 16.3. The predicted molar refractivity (Wildman–Crippen MR) is 439 cm³/mol. The second kappa shape index (κ2) is 52.6. The molecule has 3 amide bonds. The maximum absolute atomic E-state index is 14.7. The van der Waals surface area contributed by atoms with Gasteiger partial charge in [0, 0.05) is 106 Å². The summed E-state index contributed by atoms with van der Waals surface area (Å²) < 4.78 is 43.1. The van der Waals surface area contributed by atoms with Gasteiger partial charge in [-0.2, -0.15) is 0 Å². The van der Waals surface area contributed by atoms with E-state index < -0.39 is 81.3 Å². The molecule has 0 bridgehead atoms. The maximum Gasteiger partial charge on any atom is 0.513 e. The molecule has 13 atom stereocenters. The molecule has 1 fully saturated rings. The molecule has 6 rings (SSSR count). The molecule has 1 aliphatic rings. The Balaban J connectivity index is 0.000000772. The first kappa shape index (κ1) is 99.4. The lowest BCUT2D eigenvalue weighted by molar-refractivity contribution is -0.389. The van der Waals surface area contributed by atoms with Crippen LogP contribution in [0.3, 0.4) is 0 Å². The van der Waals surface area contributed by atoms with Gasteiger partial charge in [0.25, 0.3) is 11.4 Å². The fraction of sp³-hybridized carbons (Fsp3) is 0.560. The Hall–Kier alpha value is -7.82. The number of halogens is 1. The number of carbonyl (C=O) groups excluding carboxylic acids is 6. The lowest BCUT2D eigenvalue weighted by Crippen LogP contribution is -2.54. The highest BCUT2D eigenvalue weighted by Crippen LogP contribution is 2.38. The number of hydrogen-bond donors (Lipinski definition) is 2. The minimum Gasteiger partial charge on any atom is -0.448 e. The van der Waals surface area contributed by atoms with Crippen molar-refractivity contribution in [3.8, 4) is 5.75 Å². The number of likely N-dealkylation sites (tertiary alicyclic amines) is 1. The number of nitrogens with zero attached hydrogens (tertiary/aromatic N) is 10. The Morgan fingerprint density at radius 2 is 1.19 bits per heavy atom. The molecule has 2 aromatic carbocycles. The van der Waals surface area contributed by atoms with Gasteiger partial charge in [-0.15, -0.1) is 0 Å². The van der Waals surface area contributed by atoms with Crippen LogP contribution in [0.15, 0.2) is 124 Å². The highest BCUT2D eigenvalue weighted by atomic mass is 33.1. The Morgan fingerprint density at radius 1 is 0.646 bits per heavy atom. The number of amides is 3. The van der Waals surface area contributed by atoms with Crippen LogP contribution >= 0.6 is 64.8 Å². The highest BCUT2D eigenvalue weighted by Gasteiger charge is 2.44. The van der Waals surface area contributed by atoms with Crippen LogP contribution in [0.4, 0.5) is 37.0 Å². The number of alkyl halides is 1. The zero-order valence-corrected chi connectivity index (χ0v) is 70.2. The summed E-state index contributed by atoms with van der Waals surface area (Å²) in [7, 11) is 13.7. The standard InChI is InChI=1S/C50H77N5O11S2.C15H13N3O7S2.C8H10N2O3S2.CH3F.CH4/c1-14-32(6)46(42(64-12)27-44(58)54-24-18-21-39(54)48(65-13)35(9)40(56)25-33(7)47(59)36-19-16-15-17-20-36)52(10)49(60)38(30(2)3)26-41(57)45(31(4)5)53(11)50(61)66-29-34(8)67-68-43-23-22-37(28-51-43)55(62)63;1-10(26-27-13-6-7-14(16-8-13)18(22)23)9-24-15(19)25-12-4-2-11(3-5-12)17(20)21;1-6(5-11)14-15-7-2-3-8(9-4-7)10(12)13;1-2;/h15-17,19-20,22-23,28,30-35,38-39,42,45-48,59H,14,18,21,24-27,29H2,1-13H3;2-8,10H,9H2,1H3;2-4,6,11H,5H2,1H3;1H3;1H4/t32-,33-,34+,35-,38-,39-,42+,45-,46-,47+,48+;10-;6-;;/m011../s1/i;;;1D;. The van der Waals surface area contributed by atoms with Crippen molar-refractivity contribution in [2.45, 2.75) is 189 Å². The SMILES string of the molecule is C.CC[C@H](C)[C@@H]([C@@H](CC(=O)N1CCC[C@H]1[C@H](OC)[C@@H](C)C(=O)C[C@H](C)[C@@H](O)c1ccccc1)OC)N(C)C(=O)[C@@H](CC(=O)[C@H](C(C)C)N(C)C(=O)OC[C@@H](C)SSc1ccc([N+](=O)[O-])cn1)C(C)C.C[C@H](CO)SSc1ccc([N+](=O)[O-])nc1.C[C@H](COC(=O)Oc1ccc([N+](=O)[O-])cc1)SSc1ccc([N+](=O)[O-])nc1.[2H]CF. The van der Waals surface area contributed by atoms with Gasteiger partial charge in [0.1, 0.15) is 36.0 Å². The summed E-state index contributed by atoms with van der Waals surface area (Å²) in [5.74, 6) is -3.22. The number of carbonyl (C=O) groups is 6. The fourth-order valence-corrected chi connectivity index (χ4v) is 17.2. The smallest absolute Gasteiger partial charge is 0.448 e. The van der Waals surface area contributed by atoms with Crippen molar-refractivity contribution in [2.75, 3.05) is 61.8 Å². The van der Waals surface area contributed by atoms with E-state index in [0.717, 1.165) is 21.8 Å². The largest absolute Gasteiger partial charge is 0.513 e. The van der Waals surface area contributed by atoms with Crippen LogP contribution in [-0.2, 0) is 38.1 Å². The number of aliphatic hydroxyl groups excluding tert-OH is 2. The van der Waals surface area contributed by atoms with Gasteiger partial charge in [-0.25, -0.2) is 14.6 Å². The summed E-state index contributed by atoms with van der Waals surface area (Å²) in [5.41, 5.74) is 0.529. The fourth-order valence-electron chi connectivity index (χ4n) is 11.6. The molecule has 0 aliphatic carbocycles. The van der Waals surface area contributed by atoms with Crippen LogP contribution in [0.25, 0.3) is 0 Å². The van der Waals surface area contributed by atoms with E-state index in [0.29, 0.717) is 24.4 Å². The van der Waals surface area contributed by atoms with E-state index in [-0.39, 0.29) is 144 Å². The minimum atomic E-state index is -1.00. The molecule has 1 saturated heterocycles. The Labute approximate surface area is 684 Å². The summed E-state index contributed by atoms with van der Waals surface area (Å²) in [6.45, 7) is 21.5. The van der Waals surface area contributed by atoms with Crippen molar-refractivity contribution in [2.24, 2.45) is 35.5 Å².